The molecule has 0 N–H and O–H groups in total. The SMILES string of the molecule is CCOc1cc(/C=C/C(=O)N2CCN(C3CCS(=O)(=O)C3)CC2)cc(Cl)c1OC. The highest BCUT2D eigenvalue weighted by molar-refractivity contribution is 7.91. The third-order valence-corrected chi connectivity index (χ3v) is 7.34. The Morgan fingerprint density at radius 1 is 1.28 bits per heavy atom. The summed E-state index contributed by atoms with van der Waals surface area (Å²) < 4.78 is 34.2. The van der Waals surface area contributed by atoms with Crippen LogP contribution in [-0.4, -0.2) is 81.6 Å². The van der Waals surface area contributed by atoms with Crippen LogP contribution in [0.25, 0.3) is 6.08 Å². The van der Waals surface area contributed by atoms with E-state index in [-0.39, 0.29) is 23.5 Å². The highest BCUT2D eigenvalue weighted by Crippen LogP contribution is 2.36. The summed E-state index contributed by atoms with van der Waals surface area (Å²) in [5.41, 5.74) is 0.752. The number of rotatable bonds is 6. The molecule has 1 atom stereocenters. The van der Waals surface area contributed by atoms with Gasteiger partial charge < -0.3 is 14.4 Å². The molecule has 9 heteroatoms. The number of nitrogens with zero attached hydrogens (tertiary/aromatic N) is 2. The van der Waals surface area contributed by atoms with Gasteiger partial charge in [-0.05, 0) is 37.1 Å². The highest BCUT2D eigenvalue weighted by atomic mass is 35.5. The number of carbonyl (C=O) groups is 1. The summed E-state index contributed by atoms with van der Waals surface area (Å²) in [4.78, 5) is 16.5. The first-order chi connectivity index (χ1) is 13.8. The molecule has 3 rings (SSSR count). The van der Waals surface area contributed by atoms with Gasteiger partial charge in [-0.2, -0.15) is 0 Å². The average Bonchev–Trinajstić information content (AvgIpc) is 3.06. The number of sulfone groups is 1. The average molecular weight is 443 g/mol. The summed E-state index contributed by atoms with van der Waals surface area (Å²) in [6, 6.07) is 3.60. The minimum Gasteiger partial charge on any atom is -0.491 e. The Morgan fingerprint density at radius 2 is 2.00 bits per heavy atom. The fourth-order valence-corrected chi connectivity index (χ4v) is 5.85. The van der Waals surface area contributed by atoms with Crippen molar-refractivity contribution < 1.29 is 22.7 Å². The first-order valence-electron chi connectivity index (χ1n) is 9.74. The number of hydrogen-bond acceptors (Lipinski definition) is 6. The molecule has 160 valence electrons. The van der Waals surface area contributed by atoms with Crippen molar-refractivity contribution in [2.45, 2.75) is 19.4 Å². The molecular formula is C20H27ClN2O5S. The molecule has 0 aliphatic carbocycles. The summed E-state index contributed by atoms with van der Waals surface area (Å²) in [6.07, 6.45) is 3.94. The van der Waals surface area contributed by atoms with E-state index in [1.54, 1.807) is 23.1 Å². The molecule has 2 aliphatic heterocycles. The van der Waals surface area contributed by atoms with E-state index >= 15 is 0 Å². The van der Waals surface area contributed by atoms with Crippen LogP contribution >= 0.6 is 11.6 Å². The third kappa shape index (κ3) is 5.43. The Balaban J connectivity index is 1.59. The molecule has 1 aromatic carbocycles. The first-order valence-corrected chi connectivity index (χ1v) is 11.9. The fraction of sp³-hybridized carbons (Fsp3) is 0.550. The molecule has 2 fully saturated rings. The second-order valence-electron chi connectivity index (χ2n) is 7.22. The number of methoxy groups -OCH3 is 1. The molecule has 0 bridgehead atoms. The van der Waals surface area contributed by atoms with Gasteiger partial charge in [0.2, 0.25) is 5.91 Å². The zero-order valence-electron chi connectivity index (χ0n) is 16.8. The van der Waals surface area contributed by atoms with Crippen LogP contribution in [0.15, 0.2) is 18.2 Å². The van der Waals surface area contributed by atoms with Crippen LogP contribution < -0.4 is 9.47 Å². The molecular weight excluding hydrogens is 416 g/mol. The zero-order valence-corrected chi connectivity index (χ0v) is 18.3. The van der Waals surface area contributed by atoms with Crippen LogP contribution in [0.3, 0.4) is 0 Å². The van der Waals surface area contributed by atoms with Gasteiger partial charge in [0.15, 0.2) is 21.3 Å². The quantitative estimate of drug-likeness (QED) is 0.628. The lowest BCUT2D eigenvalue weighted by atomic mass is 10.1. The summed E-state index contributed by atoms with van der Waals surface area (Å²) in [5, 5.41) is 0.422. The molecule has 0 aromatic heterocycles. The molecule has 1 amide bonds. The van der Waals surface area contributed by atoms with Gasteiger partial charge in [0.25, 0.3) is 0 Å². The Morgan fingerprint density at radius 3 is 2.59 bits per heavy atom. The maximum atomic E-state index is 12.6. The normalized spacial score (nSPS) is 22.2. The number of benzene rings is 1. The van der Waals surface area contributed by atoms with Crippen LogP contribution in [0.2, 0.25) is 5.02 Å². The van der Waals surface area contributed by atoms with Crippen LogP contribution in [0.5, 0.6) is 11.5 Å². The maximum Gasteiger partial charge on any atom is 0.246 e. The van der Waals surface area contributed by atoms with E-state index < -0.39 is 9.84 Å². The van der Waals surface area contributed by atoms with Gasteiger partial charge in [0.1, 0.15) is 0 Å². The van der Waals surface area contributed by atoms with E-state index in [1.165, 1.54) is 13.2 Å². The van der Waals surface area contributed by atoms with E-state index in [0.29, 0.717) is 55.7 Å². The summed E-state index contributed by atoms with van der Waals surface area (Å²) >= 11 is 6.25. The van der Waals surface area contributed by atoms with Gasteiger partial charge in [-0.15, -0.1) is 0 Å². The zero-order chi connectivity index (χ0) is 21.0. The summed E-state index contributed by atoms with van der Waals surface area (Å²) in [7, 11) is -1.36. The molecule has 2 saturated heterocycles. The lowest BCUT2D eigenvalue weighted by Gasteiger charge is -2.37. The van der Waals surface area contributed by atoms with Crippen molar-refractivity contribution in [3.63, 3.8) is 0 Å². The molecule has 0 radical (unpaired) electrons. The molecule has 29 heavy (non-hydrogen) atoms. The maximum absolute atomic E-state index is 12.6. The number of ether oxygens (including phenoxy) is 2. The number of carbonyl (C=O) groups excluding carboxylic acids is 1. The van der Waals surface area contributed by atoms with Crippen molar-refractivity contribution in [3.8, 4) is 11.5 Å². The van der Waals surface area contributed by atoms with E-state index in [4.69, 9.17) is 21.1 Å². The summed E-state index contributed by atoms with van der Waals surface area (Å²) in [5.74, 6) is 1.44. The van der Waals surface area contributed by atoms with Gasteiger partial charge in [-0.1, -0.05) is 11.6 Å². The molecule has 7 nitrogen and oxygen atoms in total. The van der Waals surface area contributed by atoms with Crippen molar-refractivity contribution in [2.75, 3.05) is 51.4 Å². The van der Waals surface area contributed by atoms with Crippen molar-refractivity contribution in [1.82, 2.24) is 9.80 Å². The lowest BCUT2D eigenvalue weighted by molar-refractivity contribution is -0.127. The molecule has 1 unspecified atom stereocenters. The van der Waals surface area contributed by atoms with Gasteiger partial charge in [-0.25, -0.2) is 8.42 Å². The van der Waals surface area contributed by atoms with Crippen LogP contribution in [0.1, 0.15) is 18.9 Å². The molecule has 0 spiro atoms. The number of piperazine rings is 1. The predicted molar refractivity (Wildman–Crippen MR) is 113 cm³/mol. The monoisotopic (exact) mass is 442 g/mol. The number of amides is 1. The number of hydrogen-bond donors (Lipinski definition) is 0. The first kappa shape index (κ1) is 21.9. The molecule has 2 heterocycles. The van der Waals surface area contributed by atoms with E-state index in [1.807, 2.05) is 6.92 Å². The van der Waals surface area contributed by atoms with E-state index in [0.717, 1.165) is 5.56 Å². The Hall–Kier alpha value is -1.77. The molecule has 0 saturated carbocycles. The fourth-order valence-electron chi connectivity index (χ4n) is 3.79. The Kier molecular flexibility index (Phi) is 7.08. The van der Waals surface area contributed by atoms with Crippen LogP contribution in [-0.2, 0) is 14.6 Å². The van der Waals surface area contributed by atoms with E-state index in [2.05, 4.69) is 4.90 Å². The van der Waals surface area contributed by atoms with Gasteiger partial charge in [0.05, 0.1) is 30.2 Å². The van der Waals surface area contributed by atoms with E-state index in [9.17, 15) is 13.2 Å². The van der Waals surface area contributed by atoms with Crippen molar-refractivity contribution in [3.05, 3.63) is 28.8 Å². The molecule has 1 aromatic rings. The second-order valence-corrected chi connectivity index (χ2v) is 9.85. The second kappa shape index (κ2) is 9.36. The van der Waals surface area contributed by atoms with Crippen molar-refractivity contribution in [2.24, 2.45) is 0 Å². The Labute approximate surface area is 177 Å². The van der Waals surface area contributed by atoms with Crippen molar-refractivity contribution in [1.29, 1.82) is 0 Å². The minimum atomic E-state index is -2.89. The third-order valence-electron chi connectivity index (χ3n) is 5.30. The van der Waals surface area contributed by atoms with Gasteiger partial charge >= 0.3 is 0 Å². The van der Waals surface area contributed by atoms with Crippen molar-refractivity contribution >= 4 is 33.4 Å². The highest BCUT2D eigenvalue weighted by Gasteiger charge is 2.34. The van der Waals surface area contributed by atoms with Crippen LogP contribution in [0, 0.1) is 0 Å². The minimum absolute atomic E-state index is 0.0754. The lowest BCUT2D eigenvalue weighted by Crippen LogP contribution is -2.52. The van der Waals surface area contributed by atoms with Gasteiger partial charge in [0, 0.05) is 38.3 Å². The topological polar surface area (TPSA) is 76.2 Å². The predicted octanol–water partition coefficient (Wildman–Crippen LogP) is 2.09. The molecule has 2 aliphatic rings. The standard InChI is InChI=1S/C20H27ClN2O5S/c1-3-28-18-13-15(12-17(21)20(18)27-2)4-5-19(24)23-9-7-22(8-10-23)16-6-11-29(25,26)14-16/h4-5,12-13,16H,3,6-11,14H2,1-2H3/b5-4+. The largest absolute Gasteiger partial charge is 0.491 e. The number of halogens is 1. The smallest absolute Gasteiger partial charge is 0.246 e. The van der Waals surface area contributed by atoms with Gasteiger partial charge in [-0.3, -0.25) is 9.69 Å². The Bertz CT molecular complexity index is 879. The summed E-state index contributed by atoms with van der Waals surface area (Å²) in [6.45, 7) is 4.93. The van der Waals surface area contributed by atoms with Crippen LogP contribution in [0.4, 0.5) is 0 Å².